The molecule has 0 aromatic heterocycles. The Bertz CT molecular complexity index is 590. The van der Waals surface area contributed by atoms with Gasteiger partial charge in [0.2, 0.25) is 0 Å². The van der Waals surface area contributed by atoms with Crippen molar-refractivity contribution >= 4 is 15.9 Å². The van der Waals surface area contributed by atoms with E-state index >= 15 is 0 Å². The number of nitrogens with two attached hydrogens (primary N) is 2. The van der Waals surface area contributed by atoms with Gasteiger partial charge in [-0.25, -0.2) is 0 Å². The van der Waals surface area contributed by atoms with E-state index in [1.165, 1.54) is 11.1 Å². The van der Waals surface area contributed by atoms with Gasteiger partial charge in [-0.3, -0.25) is 0 Å². The minimum absolute atomic E-state index is 0.406. The minimum Gasteiger partial charge on any atom is -0.330 e. The van der Waals surface area contributed by atoms with Gasteiger partial charge in [0, 0.05) is 16.6 Å². The Kier molecular flexibility index (Phi) is 19.0. The highest BCUT2D eigenvalue weighted by Gasteiger charge is 2.13. The molecular weight excluding hydrogens is 500 g/mol. The fourth-order valence-electron chi connectivity index (χ4n) is 4.30. The second-order valence-electron chi connectivity index (χ2n) is 10.7. The molecule has 1 rings (SSSR count). The average Bonchev–Trinajstić information content (AvgIpc) is 2.77. The van der Waals surface area contributed by atoms with Crippen LogP contribution in [-0.2, 0) is 12.8 Å². The summed E-state index contributed by atoms with van der Waals surface area (Å²) in [6.07, 6.45) is 6.25. The standard InChI is InChI=1S/C28H55BrN6/c1-22(2)20-32-11-5-13-34-27(7-9-30)18-24-15-25(17-26(29)16-24)19-28(8-10-31)35-14-6-12-33-21-23(3)4/h15-17,22-23,27-28,32-35H,5-14,18-21,30-31H2,1-4H3. The lowest BCUT2D eigenvalue weighted by atomic mass is 9.97. The number of hydrogen-bond acceptors (Lipinski definition) is 6. The zero-order valence-corrected chi connectivity index (χ0v) is 24.6. The molecule has 2 atom stereocenters. The first kappa shape index (κ1) is 32.5. The van der Waals surface area contributed by atoms with Crippen molar-refractivity contribution in [1.82, 2.24) is 21.3 Å². The van der Waals surface area contributed by atoms with Crippen LogP contribution >= 0.6 is 15.9 Å². The summed E-state index contributed by atoms with van der Waals surface area (Å²) in [6, 6.07) is 7.69. The fraction of sp³-hybridized carbons (Fsp3) is 0.786. The van der Waals surface area contributed by atoms with E-state index in [2.05, 4.69) is 83.1 Å². The van der Waals surface area contributed by atoms with Crippen LogP contribution in [0.4, 0.5) is 0 Å². The maximum Gasteiger partial charge on any atom is 0.0180 e. The second kappa shape index (κ2) is 20.5. The van der Waals surface area contributed by atoms with E-state index in [-0.39, 0.29) is 0 Å². The van der Waals surface area contributed by atoms with Crippen LogP contribution in [0.25, 0.3) is 0 Å². The maximum absolute atomic E-state index is 5.93. The maximum atomic E-state index is 5.93. The summed E-state index contributed by atoms with van der Waals surface area (Å²) in [6.45, 7) is 16.7. The number of benzene rings is 1. The van der Waals surface area contributed by atoms with Crippen LogP contribution < -0.4 is 32.7 Å². The van der Waals surface area contributed by atoms with Crippen molar-refractivity contribution in [2.24, 2.45) is 23.3 Å². The van der Waals surface area contributed by atoms with Crippen LogP contribution in [0.1, 0.15) is 64.5 Å². The quantitative estimate of drug-likeness (QED) is 0.123. The van der Waals surface area contributed by atoms with Gasteiger partial charge in [-0.1, -0.05) is 49.7 Å². The molecular formula is C28H55BrN6. The Morgan fingerprint density at radius 2 is 1.11 bits per heavy atom. The highest BCUT2D eigenvalue weighted by molar-refractivity contribution is 9.10. The Hall–Kier alpha value is -0.540. The van der Waals surface area contributed by atoms with Gasteiger partial charge in [-0.05, 0) is 126 Å². The summed E-state index contributed by atoms with van der Waals surface area (Å²) in [5.74, 6) is 1.40. The van der Waals surface area contributed by atoms with Crippen LogP contribution in [0.2, 0.25) is 0 Å². The lowest BCUT2D eigenvalue weighted by molar-refractivity contribution is 0.461. The van der Waals surface area contributed by atoms with Gasteiger partial charge in [0.1, 0.15) is 0 Å². The van der Waals surface area contributed by atoms with Crippen LogP contribution in [0.3, 0.4) is 0 Å². The molecule has 0 amide bonds. The van der Waals surface area contributed by atoms with E-state index in [1.807, 2.05) is 0 Å². The highest BCUT2D eigenvalue weighted by atomic mass is 79.9. The average molecular weight is 556 g/mol. The van der Waals surface area contributed by atoms with Crippen LogP contribution in [-0.4, -0.2) is 64.4 Å². The molecule has 0 spiro atoms. The third kappa shape index (κ3) is 17.5. The van der Waals surface area contributed by atoms with Gasteiger partial charge >= 0.3 is 0 Å². The van der Waals surface area contributed by atoms with Gasteiger partial charge in [0.25, 0.3) is 0 Å². The van der Waals surface area contributed by atoms with Crippen LogP contribution in [0, 0.1) is 11.8 Å². The van der Waals surface area contributed by atoms with E-state index in [4.69, 9.17) is 11.5 Å². The molecule has 0 aliphatic carbocycles. The third-order valence-electron chi connectivity index (χ3n) is 6.04. The summed E-state index contributed by atoms with van der Waals surface area (Å²) in [5.41, 5.74) is 14.6. The smallest absolute Gasteiger partial charge is 0.0180 e. The number of halogens is 1. The Labute approximate surface area is 224 Å². The zero-order valence-electron chi connectivity index (χ0n) is 23.0. The molecule has 0 saturated carbocycles. The van der Waals surface area contributed by atoms with Gasteiger partial charge < -0.3 is 32.7 Å². The molecule has 0 radical (unpaired) electrons. The van der Waals surface area contributed by atoms with Gasteiger partial charge in [-0.2, -0.15) is 0 Å². The van der Waals surface area contributed by atoms with E-state index in [9.17, 15) is 0 Å². The lowest BCUT2D eigenvalue weighted by Crippen LogP contribution is -2.36. The number of nitrogens with one attached hydrogen (secondary N) is 4. The van der Waals surface area contributed by atoms with Crippen molar-refractivity contribution in [2.45, 2.75) is 78.3 Å². The predicted molar refractivity (Wildman–Crippen MR) is 157 cm³/mol. The first-order chi connectivity index (χ1) is 16.8. The monoisotopic (exact) mass is 554 g/mol. The molecule has 2 unspecified atom stereocenters. The summed E-state index contributed by atoms with van der Waals surface area (Å²) in [5, 5.41) is 14.5. The summed E-state index contributed by atoms with van der Waals surface area (Å²) < 4.78 is 1.15. The minimum atomic E-state index is 0.406. The van der Waals surface area contributed by atoms with Crippen LogP contribution in [0.5, 0.6) is 0 Å². The normalized spacial score (nSPS) is 13.6. The van der Waals surface area contributed by atoms with Gasteiger partial charge in [0.05, 0.1) is 0 Å². The van der Waals surface area contributed by atoms with E-state index in [0.29, 0.717) is 37.0 Å². The first-order valence-electron chi connectivity index (χ1n) is 13.9. The van der Waals surface area contributed by atoms with E-state index < -0.39 is 0 Å². The molecule has 1 aromatic carbocycles. The summed E-state index contributed by atoms with van der Waals surface area (Å²) in [7, 11) is 0. The number of hydrogen-bond donors (Lipinski definition) is 6. The summed E-state index contributed by atoms with van der Waals surface area (Å²) in [4.78, 5) is 0. The molecule has 1 aromatic rings. The van der Waals surface area contributed by atoms with E-state index in [0.717, 1.165) is 82.3 Å². The van der Waals surface area contributed by atoms with Crippen molar-refractivity contribution in [3.05, 3.63) is 33.8 Å². The molecule has 8 N–H and O–H groups in total. The van der Waals surface area contributed by atoms with Crippen LogP contribution in [0.15, 0.2) is 22.7 Å². The first-order valence-corrected chi connectivity index (χ1v) is 14.7. The third-order valence-corrected chi connectivity index (χ3v) is 6.50. The van der Waals surface area contributed by atoms with Gasteiger partial charge in [0.15, 0.2) is 0 Å². The Morgan fingerprint density at radius 3 is 1.49 bits per heavy atom. The molecule has 0 aliphatic heterocycles. The molecule has 204 valence electrons. The highest BCUT2D eigenvalue weighted by Crippen LogP contribution is 2.19. The fourth-order valence-corrected chi connectivity index (χ4v) is 4.89. The van der Waals surface area contributed by atoms with Crippen molar-refractivity contribution in [3.63, 3.8) is 0 Å². The largest absolute Gasteiger partial charge is 0.330 e. The molecule has 0 fully saturated rings. The second-order valence-corrected chi connectivity index (χ2v) is 11.7. The van der Waals surface area contributed by atoms with Crippen molar-refractivity contribution < 1.29 is 0 Å². The van der Waals surface area contributed by atoms with Crippen molar-refractivity contribution in [2.75, 3.05) is 52.4 Å². The molecule has 0 heterocycles. The van der Waals surface area contributed by atoms with Crippen molar-refractivity contribution in [1.29, 1.82) is 0 Å². The molecule has 0 saturated heterocycles. The van der Waals surface area contributed by atoms with E-state index in [1.54, 1.807) is 0 Å². The zero-order chi connectivity index (χ0) is 25.9. The Morgan fingerprint density at radius 1 is 0.686 bits per heavy atom. The number of rotatable bonds is 22. The Balaban J connectivity index is 2.57. The topological polar surface area (TPSA) is 100 Å². The molecule has 0 aliphatic rings. The molecule has 35 heavy (non-hydrogen) atoms. The summed E-state index contributed by atoms with van der Waals surface area (Å²) >= 11 is 3.75. The lowest BCUT2D eigenvalue weighted by Gasteiger charge is -2.21. The molecule has 6 nitrogen and oxygen atoms in total. The molecule has 0 bridgehead atoms. The predicted octanol–water partition coefficient (Wildman–Crippen LogP) is 3.42. The SMILES string of the molecule is CC(C)CNCCCNC(CCN)Cc1cc(Br)cc(CC(CCN)NCCCNCC(C)C)c1. The molecule has 7 heteroatoms. The van der Waals surface area contributed by atoms with Gasteiger partial charge in [-0.15, -0.1) is 0 Å². The van der Waals surface area contributed by atoms with Crippen molar-refractivity contribution in [3.8, 4) is 0 Å².